The molecule has 2 heterocycles. The monoisotopic (exact) mass is 290 g/mol. The second-order valence-electron chi connectivity index (χ2n) is 6.16. The average Bonchev–Trinajstić information content (AvgIpc) is 2.63. The zero-order chi connectivity index (χ0) is 14.3. The zero-order valence-corrected chi connectivity index (χ0v) is 12.6. The van der Waals surface area contributed by atoms with Gasteiger partial charge in [0, 0.05) is 26.2 Å². The van der Waals surface area contributed by atoms with E-state index in [-0.39, 0.29) is 13.1 Å². The van der Waals surface area contributed by atoms with Crippen LogP contribution in [-0.4, -0.2) is 60.7 Å². The summed E-state index contributed by atoms with van der Waals surface area (Å²) in [6.07, 6.45) is 1.43. The fourth-order valence-electron chi connectivity index (χ4n) is 2.26. The molecule has 2 aliphatic heterocycles. The fraction of sp³-hybridized carbons (Fsp3) is 0.917. The lowest BCUT2D eigenvalue weighted by molar-refractivity contribution is 0.0136. The highest BCUT2D eigenvalue weighted by Gasteiger charge is 2.44. The molecule has 0 spiro atoms. The summed E-state index contributed by atoms with van der Waals surface area (Å²) in [5.41, 5.74) is -0.546. The third-order valence-electron chi connectivity index (χ3n) is 3.35. The molecule has 0 aromatic heterocycles. The van der Waals surface area contributed by atoms with E-state index in [1.165, 1.54) is 4.90 Å². The van der Waals surface area contributed by atoms with Crippen LogP contribution in [0.3, 0.4) is 0 Å². The van der Waals surface area contributed by atoms with Crippen molar-refractivity contribution >= 4 is 16.1 Å². The molecule has 19 heavy (non-hydrogen) atoms. The summed E-state index contributed by atoms with van der Waals surface area (Å²) < 4.78 is 31.2. The van der Waals surface area contributed by atoms with Gasteiger partial charge in [0.25, 0.3) is 0 Å². The second kappa shape index (κ2) is 4.94. The van der Waals surface area contributed by atoms with Crippen LogP contribution in [0, 0.1) is 0 Å². The van der Waals surface area contributed by atoms with Gasteiger partial charge in [0.15, 0.2) is 0 Å². The van der Waals surface area contributed by atoms with Crippen molar-refractivity contribution in [3.05, 3.63) is 0 Å². The lowest BCUT2D eigenvalue weighted by atomic mass is 10.2. The van der Waals surface area contributed by atoms with Gasteiger partial charge in [-0.05, 0) is 33.6 Å². The van der Waals surface area contributed by atoms with Crippen molar-refractivity contribution in [1.82, 2.24) is 9.21 Å². The highest BCUT2D eigenvalue weighted by Crippen LogP contribution is 2.24. The van der Waals surface area contributed by atoms with E-state index in [2.05, 4.69) is 0 Å². The Morgan fingerprint density at radius 2 is 1.68 bits per heavy atom. The number of carbonyl (C=O) groups excluding carboxylic acids is 1. The largest absolute Gasteiger partial charge is 0.444 e. The Labute approximate surface area is 114 Å². The van der Waals surface area contributed by atoms with Crippen LogP contribution in [0.1, 0.15) is 33.6 Å². The number of nitrogens with zero attached hydrogens (tertiary/aromatic N) is 2. The van der Waals surface area contributed by atoms with Crippen LogP contribution in [0.2, 0.25) is 0 Å². The Kier molecular flexibility index (Phi) is 3.79. The number of sulfonamides is 1. The first-order chi connectivity index (χ1) is 8.70. The van der Waals surface area contributed by atoms with Crippen LogP contribution in [-0.2, 0) is 14.8 Å². The van der Waals surface area contributed by atoms with Gasteiger partial charge in [-0.2, -0.15) is 0 Å². The van der Waals surface area contributed by atoms with Gasteiger partial charge >= 0.3 is 6.09 Å². The number of hydrogen-bond acceptors (Lipinski definition) is 4. The standard InChI is InChI=1S/C12H22N2O4S/c1-12(2,3)18-11(15)13-8-10(9-13)19(16,17)14-6-4-5-7-14/h10H,4-9H2,1-3H3. The maximum atomic E-state index is 12.2. The summed E-state index contributed by atoms with van der Waals surface area (Å²) in [6, 6.07) is 0. The predicted molar refractivity (Wildman–Crippen MR) is 71.3 cm³/mol. The van der Waals surface area contributed by atoms with Crippen LogP contribution in [0.25, 0.3) is 0 Å². The molecule has 2 saturated heterocycles. The van der Waals surface area contributed by atoms with Gasteiger partial charge in [0.05, 0.1) is 0 Å². The van der Waals surface area contributed by atoms with Crippen LogP contribution in [0.5, 0.6) is 0 Å². The Morgan fingerprint density at radius 3 is 2.16 bits per heavy atom. The van der Waals surface area contributed by atoms with Crippen molar-refractivity contribution in [2.75, 3.05) is 26.2 Å². The van der Waals surface area contributed by atoms with Gasteiger partial charge in [-0.1, -0.05) is 0 Å². The predicted octanol–water partition coefficient (Wildman–Crippen LogP) is 1.03. The van der Waals surface area contributed by atoms with Crippen molar-refractivity contribution in [1.29, 1.82) is 0 Å². The first-order valence-corrected chi connectivity index (χ1v) is 8.17. The van der Waals surface area contributed by atoms with E-state index < -0.39 is 27.0 Å². The molecule has 0 atom stereocenters. The normalized spacial score (nSPS) is 22.4. The smallest absolute Gasteiger partial charge is 0.410 e. The molecule has 2 rings (SSSR count). The van der Waals surface area contributed by atoms with Gasteiger partial charge < -0.3 is 9.64 Å². The molecule has 0 aromatic carbocycles. The molecular formula is C12H22N2O4S. The lowest BCUT2D eigenvalue weighted by Crippen LogP contribution is -2.60. The maximum absolute atomic E-state index is 12.2. The highest BCUT2D eigenvalue weighted by molar-refractivity contribution is 7.89. The summed E-state index contributed by atoms with van der Waals surface area (Å²) in [7, 11) is -3.23. The molecule has 0 N–H and O–H groups in total. The van der Waals surface area contributed by atoms with E-state index in [0.29, 0.717) is 13.1 Å². The van der Waals surface area contributed by atoms with Crippen molar-refractivity contribution in [2.45, 2.75) is 44.5 Å². The first-order valence-electron chi connectivity index (χ1n) is 6.67. The molecule has 0 aliphatic carbocycles. The van der Waals surface area contributed by atoms with E-state index >= 15 is 0 Å². The molecule has 2 fully saturated rings. The van der Waals surface area contributed by atoms with Gasteiger partial charge in [-0.15, -0.1) is 0 Å². The molecule has 0 radical (unpaired) electrons. The van der Waals surface area contributed by atoms with Crippen LogP contribution >= 0.6 is 0 Å². The number of likely N-dealkylation sites (tertiary alicyclic amines) is 1. The van der Waals surface area contributed by atoms with Crippen molar-refractivity contribution < 1.29 is 17.9 Å². The molecule has 7 heteroatoms. The fourth-order valence-corrected chi connectivity index (χ4v) is 4.18. The third-order valence-corrected chi connectivity index (χ3v) is 5.57. The molecule has 6 nitrogen and oxygen atoms in total. The lowest BCUT2D eigenvalue weighted by Gasteiger charge is -2.40. The quantitative estimate of drug-likeness (QED) is 0.762. The van der Waals surface area contributed by atoms with E-state index in [0.717, 1.165) is 12.8 Å². The SMILES string of the molecule is CC(C)(C)OC(=O)N1CC(S(=O)(=O)N2CCCC2)C1. The van der Waals surface area contributed by atoms with Gasteiger partial charge in [0.2, 0.25) is 10.0 Å². The summed E-state index contributed by atoms with van der Waals surface area (Å²) in [5.74, 6) is 0. The molecule has 110 valence electrons. The van der Waals surface area contributed by atoms with Crippen LogP contribution in [0.4, 0.5) is 4.79 Å². The molecule has 0 aromatic rings. The number of hydrogen-bond donors (Lipinski definition) is 0. The zero-order valence-electron chi connectivity index (χ0n) is 11.8. The number of rotatable bonds is 2. The van der Waals surface area contributed by atoms with E-state index in [1.807, 2.05) is 0 Å². The minimum Gasteiger partial charge on any atom is -0.444 e. The summed E-state index contributed by atoms with van der Waals surface area (Å²) >= 11 is 0. The summed E-state index contributed by atoms with van der Waals surface area (Å²) in [4.78, 5) is 13.2. The Morgan fingerprint density at radius 1 is 1.16 bits per heavy atom. The second-order valence-corrected chi connectivity index (χ2v) is 8.37. The average molecular weight is 290 g/mol. The van der Waals surface area contributed by atoms with Gasteiger partial charge in [-0.3, -0.25) is 0 Å². The molecular weight excluding hydrogens is 268 g/mol. The van der Waals surface area contributed by atoms with Crippen LogP contribution in [0.15, 0.2) is 0 Å². The summed E-state index contributed by atoms with van der Waals surface area (Å²) in [6.45, 7) is 7.10. The highest BCUT2D eigenvalue weighted by atomic mass is 32.2. The van der Waals surface area contributed by atoms with E-state index in [9.17, 15) is 13.2 Å². The molecule has 1 amide bonds. The van der Waals surface area contributed by atoms with Crippen LogP contribution < -0.4 is 0 Å². The van der Waals surface area contributed by atoms with E-state index in [1.54, 1.807) is 25.1 Å². The minimum atomic E-state index is -3.23. The number of amides is 1. The van der Waals surface area contributed by atoms with E-state index in [4.69, 9.17) is 4.74 Å². The van der Waals surface area contributed by atoms with Crippen molar-refractivity contribution in [3.8, 4) is 0 Å². The van der Waals surface area contributed by atoms with Gasteiger partial charge in [0.1, 0.15) is 10.9 Å². The van der Waals surface area contributed by atoms with Gasteiger partial charge in [-0.25, -0.2) is 17.5 Å². The van der Waals surface area contributed by atoms with Crippen molar-refractivity contribution in [3.63, 3.8) is 0 Å². The first kappa shape index (κ1) is 14.6. The Balaban J connectivity index is 1.87. The topological polar surface area (TPSA) is 66.9 Å². The minimum absolute atomic E-state index is 0.244. The summed E-state index contributed by atoms with van der Waals surface area (Å²) in [5, 5.41) is -0.460. The number of ether oxygens (including phenoxy) is 1. The van der Waals surface area contributed by atoms with Crippen molar-refractivity contribution in [2.24, 2.45) is 0 Å². The molecule has 0 unspecified atom stereocenters. The Hall–Kier alpha value is -0.820. The maximum Gasteiger partial charge on any atom is 0.410 e. The third kappa shape index (κ3) is 3.20. The molecule has 2 aliphatic rings. The Bertz CT molecular complexity index is 443. The molecule has 0 bridgehead atoms. The number of carbonyl (C=O) groups is 1. The molecule has 0 saturated carbocycles.